The highest BCUT2D eigenvalue weighted by Crippen LogP contribution is 2.29. The molecule has 1 aromatic heterocycles. The quantitative estimate of drug-likeness (QED) is 0.779. The zero-order chi connectivity index (χ0) is 11.5. The molecule has 80 valence electrons. The fourth-order valence-corrected chi connectivity index (χ4v) is 1.44. The molecule has 0 unspecified atom stereocenters. The predicted octanol–water partition coefficient (Wildman–Crippen LogP) is 2.41. The van der Waals surface area contributed by atoms with E-state index >= 15 is 0 Å². The van der Waals surface area contributed by atoms with Crippen molar-refractivity contribution in [3.05, 3.63) is 36.1 Å². The highest BCUT2D eigenvalue weighted by atomic mass is 16.5. The van der Waals surface area contributed by atoms with Gasteiger partial charge < -0.3 is 14.9 Å². The number of nitriles is 1. The molecule has 0 fully saturated rings. The summed E-state index contributed by atoms with van der Waals surface area (Å²) in [5.74, 6) is 1.52. The average Bonchev–Trinajstić information content (AvgIpc) is 2.77. The average molecular weight is 214 g/mol. The van der Waals surface area contributed by atoms with Gasteiger partial charge >= 0.3 is 0 Å². The van der Waals surface area contributed by atoms with Crippen LogP contribution < -0.4 is 10.5 Å². The van der Waals surface area contributed by atoms with Crippen molar-refractivity contribution in [1.82, 2.24) is 0 Å². The number of anilines is 1. The molecule has 0 saturated heterocycles. The summed E-state index contributed by atoms with van der Waals surface area (Å²) in [7, 11) is 1.56. The number of nitrogens with two attached hydrogens (primary N) is 1. The lowest BCUT2D eigenvalue weighted by Crippen LogP contribution is -1.92. The molecule has 0 atom stereocenters. The van der Waals surface area contributed by atoms with Gasteiger partial charge in [-0.2, -0.15) is 5.26 Å². The van der Waals surface area contributed by atoms with Gasteiger partial charge in [0.05, 0.1) is 12.8 Å². The number of hydrogen-bond donors (Lipinski definition) is 1. The van der Waals surface area contributed by atoms with Crippen LogP contribution in [-0.2, 0) is 0 Å². The van der Waals surface area contributed by atoms with Gasteiger partial charge in [-0.25, -0.2) is 0 Å². The maximum atomic E-state index is 8.65. The smallest absolute Gasteiger partial charge is 0.204 e. The highest BCUT2D eigenvalue weighted by Gasteiger charge is 2.06. The van der Waals surface area contributed by atoms with Gasteiger partial charge in [0, 0.05) is 5.56 Å². The Hall–Kier alpha value is -2.41. The summed E-state index contributed by atoms with van der Waals surface area (Å²) < 4.78 is 10.3. The van der Waals surface area contributed by atoms with E-state index in [1.807, 2.05) is 12.1 Å². The number of benzene rings is 1. The molecule has 0 amide bonds. The summed E-state index contributed by atoms with van der Waals surface area (Å²) in [6.45, 7) is 0. The fourth-order valence-electron chi connectivity index (χ4n) is 1.44. The molecule has 0 spiro atoms. The van der Waals surface area contributed by atoms with Crippen LogP contribution in [0.15, 0.2) is 34.7 Å². The van der Waals surface area contributed by atoms with E-state index in [9.17, 15) is 0 Å². The summed E-state index contributed by atoms with van der Waals surface area (Å²) in [6, 6.07) is 10.6. The van der Waals surface area contributed by atoms with Gasteiger partial charge in [-0.3, -0.25) is 0 Å². The largest absolute Gasteiger partial charge is 0.495 e. The van der Waals surface area contributed by atoms with Gasteiger partial charge in [0.1, 0.15) is 17.6 Å². The van der Waals surface area contributed by atoms with Crippen molar-refractivity contribution >= 4 is 5.69 Å². The minimum atomic E-state index is 0.282. The first-order valence-electron chi connectivity index (χ1n) is 4.68. The summed E-state index contributed by atoms with van der Waals surface area (Å²) in [4.78, 5) is 0. The molecule has 0 saturated carbocycles. The Bertz CT molecular complexity index is 552. The third-order valence-corrected chi connectivity index (χ3v) is 2.23. The lowest BCUT2D eigenvalue weighted by molar-refractivity contribution is 0.417. The Labute approximate surface area is 92.9 Å². The molecule has 0 radical (unpaired) electrons. The number of furan rings is 1. The van der Waals surface area contributed by atoms with Gasteiger partial charge in [-0.05, 0) is 30.3 Å². The molecule has 4 heteroatoms. The second-order valence-corrected chi connectivity index (χ2v) is 3.23. The maximum Gasteiger partial charge on any atom is 0.204 e. The topological polar surface area (TPSA) is 72.2 Å². The van der Waals surface area contributed by atoms with Crippen LogP contribution in [0.1, 0.15) is 5.76 Å². The Kier molecular flexibility index (Phi) is 2.52. The number of methoxy groups -OCH3 is 1. The van der Waals surface area contributed by atoms with Crippen LogP contribution >= 0.6 is 0 Å². The summed E-state index contributed by atoms with van der Waals surface area (Å²) >= 11 is 0. The van der Waals surface area contributed by atoms with E-state index in [0.717, 1.165) is 5.56 Å². The molecular weight excluding hydrogens is 204 g/mol. The van der Waals surface area contributed by atoms with E-state index in [0.29, 0.717) is 17.2 Å². The first-order chi connectivity index (χ1) is 7.74. The zero-order valence-electron chi connectivity index (χ0n) is 8.73. The third kappa shape index (κ3) is 1.71. The van der Waals surface area contributed by atoms with E-state index in [-0.39, 0.29) is 5.76 Å². The molecular formula is C12H10N2O2. The molecule has 0 aliphatic rings. The highest BCUT2D eigenvalue weighted by molar-refractivity contribution is 5.67. The molecule has 1 heterocycles. The lowest BCUT2D eigenvalue weighted by atomic mass is 10.1. The van der Waals surface area contributed by atoms with Crippen molar-refractivity contribution in [2.45, 2.75) is 0 Å². The SMILES string of the molecule is COc1ccc(-c2ccc(C#N)o2)cc1N. The van der Waals surface area contributed by atoms with Gasteiger partial charge in [-0.1, -0.05) is 0 Å². The number of nitrogens with zero attached hydrogens (tertiary/aromatic N) is 1. The zero-order valence-corrected chi connectivity index (χ0v) is 8.73. The standard InChI is InChI=1S/C12H10N2O2/c1-15-12-4-2-8(6-10(12)14)11-5-3-9(7-13)16-11/h2-6H,14H2,1H3. The molecule has 2 aromatic rings. The fraction of sp³-hybridized carbons (Fsp3) is 0.0833. The van der Waals surface area contributed by atoms with E-state index in [2.05, 4.69) is 0 Å². The second kappa shape index (κ2) is 3.99. The van der Waals surface area contributed by atoms with E-state index < -0.39 is 0 Å². The van der Waals surface area contributed by atoms with Crippen molar-refractivity contribution in [1.29, 1.82) is 5.26 Å². The molecule has 4 nitrogen and oxygen atoms in total. The number of hydrogen-bond acceptors (Lipinski definition) is 4. The van der Waals surface area contributed by atoms with Crippen molar-refractivity contribution in [2.24, 2.45) is 0 Å². The number of nitrogen functional groups attached to an aromatic ring is 1. The normalized spacial score (nSPS) is 9.75. The second-order valence-electron chi connectivity index (χ2n) is 3.23. The van der Waals surface area contributed by atoms with Crippen LogP contribution in [0.4, 0.5) is 5.69 Å². The van der Waals surface area contributed by atoms with Gasteiger partial charge in [0.25, 0.3) is 0 Å². The molecule has 0 aliphatic heterocycles. The van der Waals surface area contributed by atoms with Gasteiger partial charge in [-0.15, -0.1) is 0 Å². The van der Waals surface area contributed by atoms with Gasteiger partial charge in [0.15, 0.2) is 0 Å². The van der Waals surface area contributed by atoms with Crippen molar-refractivity contribution in [3.63, 3.8) is 0 Å². The van der Waals surface area contributed by atoms with Crippen LogP contribution in [0, 0.1) is 11.3 Å². The molecule has 0 aliphatic carbocycles. The van der Waals surface area contributed by atoms with Crippen molar-refractivity contribution in [3.8, 4) is 23.1 Å². The van der Waals surface area contributed by atoms with Crippen molar-refractivity contribution < 1.29 is 9.15 Å². The lowest BCUT2D eigenvalue weighted by Gasteiger charge is -2.05. The molecule has 16 heavy (non-hydrogen) atoms. The number of ether oxygens (including phenoxy) is 1. The Balaban J connectivity index is 2.42. The molecule has 2 N–H and O–H groups in total. The van der Waals surface area contributed by atoms with E-state index in [1.165, 1.54) is 0 Å². The van der Waals surface area contributed by atoms with Gasteiger partial charge in [0.2, 0.25) is 5.76 Å². The van der Waals surface area contributed by atoms with Crippen LogP contribution in [0.25, 0.3) is 11.3 Å². The monoisotopic (exact) mass is 214 g/mol. The predicted molar refractivity (Wildman–Crippen MR) is 59.8 cm³/mol. The minimum absolute atomic E-state index is 0.282. The molecule has 0 bridgehead atoms. The van der Waals surface area contributed by atoms with Crippen LogP contribution in [0.5, 0.6) is 5.75 Å². The Morgan fingerprint density at radius 1 is 1.31 bits per heavy atom. The summed E-state index contributed by atoms with van der Waals surface area (Å²) in [5, 5.41) is 8.65. The summed E-state index contributed by atoms with van der Waals surface area (Å²) in [5.41, 5.74) is 7.13. The minimum Gasteiger partial charge on any atom is -0.495 e. The summed E-state index contributed by atoms with van der Waals surface area (Å²) in [6.07, 6.45) is 0. The maximum absolute atomic E-state index is 8.65. The van der Waals surface area contributed by atoms with E-state index in [4.69, 9.17) is 20.1 Å². The first kappa shape index (κ1) is 10.1. The van der Waals surface area contributed by atoms with Crippen molar-refractivity contribution in [2.75, 3.05) is 12.8 Å². The Morgan fingerprint density at radius 2 is 2.12 bits per heavy atom. The van der Waals surface area contributed by atoms with Crippen LogP contribution in [0.3, 0.4) is 0 Å². The van der Waals surface area contributed by atoms with Crippen LogP contribution in [-0.4, -0.2) is 7.11 Å². The van der Waals surface area contributed by atoms with Crippen LogP contribution in [0.2, 0.25) is 0 Å². The first-order valence-corrected chi connectivity index (χ1v) is 4.68. The number of rotatable bonds is 2. The molecule has 2 rings (SSSR count). The Morgan fingerprint density at radius 3 is 2.69 bits per heavy atom. The van der Waals surface area contributed by atoms with E-state index in [1.54, 1.807) is 31.4 Å². The molecule has 1 aromatic carbocycles. The third-order valence-electron chi connectivity index (χ3n) is 2.23.